The molecule has 0 fully saturated rings. The van der Waals surface area contributed by atoms with Gasteiger partial charge in [-0.05, 0) is 70.3 Å². The maximum Gasteiger partial charge on any atom is 0.326 e. The molecule has 0 spiro atoms. The minimum Gasteiger partial charge on any atom is -0.480 e. The molecule has 83 heavy (non-hydrogen) atoms. The van der Waals surface area contributed by atoms with E-state index in [1.54, 1.807) is 58.0 Å². The van der Waals surface area contributed by atoms with E-state index >= 15 is 0 Å². The minimum atomic E-state index is -1.85. The van der Waals surface area contributed by atoms with Crippen LogP contribution in [0.15, 0.2) is 52.8 Å². The summed E-state index contributed by atoms with van der Waals surface area (Å²) in [5.41, 5.74) is 28.5. The fourth-order valence-corrected chi connectivity index (χ4v) is 8.00. The number of nitrogens with two attached hydrogens (primary N) is 5. The molecule has 1 unspecified atom stereocenters. The minimum absolute atomic E-state index is 0.0349. The molecule has 9 amide bonds. The van der Waals surface area contributed by atoms with Gasteiger partial charge in [-0.3, -0.25) is 53.1 Å². The van der Waals surface area contributed by atoms with Gasteiger partial charge in [0.2, 0.25) is 53.2 Å². The van der Waals surface area contributed by atoms with E-state index < -0.39 is 138 Å². The number of carbonyl (C=O) groups is 10. The fraction of sp³-hybridized carbons (Fsp3) is 0.596. The van der Waals surface area contributed by atoms with Crippen LogP contribution in [0, 0.1) is 11.8 Å². The van der Waals surface area contributed by atoms with Crippen LogP contribution in [0.25, 0.3) is 0 Å². The lowest BCUT2D eigenvalue weighted by Gasteiger charge is -2.28. The lowest BCUT2D eigenvalue weighted by molar-refractivity contribution is -0.143. The molecule has 2 rings (SSSR count). The Bertz CT molecular complexity index is 2510. The number of hydrogen-bond donors (Lipinski definition) is 18. The monoisotopic (exact) mass is 1170 g/mol. The van der Waals surface area contributed by atoms with Crippen molar-refractivity contribution >= 4 is 71.1 Å². The number of amides is 9. The summed E-state index contributed by atoms with van der Waals surface area (Å²) in [4.78, 5) is 150. The molecule has 31 nitrogen and oxygen atoms in total. The molecule has 23 N–H and O–H groups in total. The van der Waals surface area contributed by atoms with E-state index in [1.165, 1.54) is 19.4 Å². The highest BCUT2D eigenvalue weighted by molar-refractivity contribution is 5.98. The Morgan fingerprint density at radius 1 is 0.590 bits per heavy atom. The van der Waals surface area contributed by atoms with Crippen molar-refractivity contribution in [3.05, 3.63) is 54.1 Å². The predicted molar refractivity (Wildman–Crippen MR) is 304 cm³/mol. The number of benzene rings is 1. The van der Waals surface area contributed by atoms with E-state index in [-0.39, 0.29) is 69.5 Å². The summed E-state index contributed by atoms with van der Waals surface area (Å²) in [5.74, 6) is -10.4. The summed E-state index contributed by atoms with van der Waals surface area (Å²) in [6.45, 7) is 10.1. The highest BCUT2D eigenvalue weighted by atomic mass is 16.4. The molecule has 0 aliphatic carbocycles. The number of carboxylic acid groups (broad SMARTS) is 1. The molecule has 462 valence electrons. The molecule has 31 heteroatoms. The van der Waals surface area contributed by atoms with Crippen LogP contribution in [0.2, 0.25) is 0 Å². The molecule has 0 radical (unpaired) electrons. The van der Waals surface area contributed by atoms with Crippen molar-refractivity contribution in [3.63, 3.8) is 0 Å². The summed E-state index contributed by atoms with van der Waals surface area (Å²) in [6, 6.07) is -4.12. The van der Waals surface area contributed by atoms with Crippen molar-refractivity contribution in [2.75, 3.05) is 19.6 Å². The second-order valence-electron chi connectivity index (χ2n) is 20.5. The summed E-state index contributed by atoms with van der Waals surface area (Å²) < 4.78 is 0. The Morgan fingerprint density at radius 2 is 1.10 bits per heavy atom. The van der Waals surface area contributed by atoms with E-state index in [0.717, 1.165) is 13.8 Å². The number of H-pyrrole nitrogens is 1. The number of aromatic amines is 1. The van der Waals surface area contributed by atoms with Crippen molar-refractivity contribution in [1.82, 2.24) is 57.8 Å². The first-order chi connectivity index (χ1) is 39.0. The molecule has 1 aromatic carbocycles. The highest BCUT2D eigenvalue weighted by Gasteiger charge is 2.37. The maximum absolute atomic E-state index is 14.2. The van der Waals surface area contributed by atoms with Crippen LogP contribution in [0.1, 0.15) is 98.2 Å². The molecular weight excluding hydrogens is 1080 g/mol. The summed E-state index contributed by atoms with van der Waals surface area (Å²) in [5, 5.41) is 53.5. The van der Waals surface area contributed by atoms with E-state index in [1.807, 2.05) is 0 Å². The quantitative estimate of drug-likeness (QED) is 0.0171. The second-order valence-corrected chi connectivity index (χ2v) is 20.5. The maximum atomic E-state index is 14.2. The molecule has 1 heterocycles. The zero-order chi connectivity index (χ0) is 62.5. The van der Waals surface area contributed by atoms with Crippen LogP contribution in [0.3, 0.4) is 0 Å². The number of aliphatic hydroxyl groups is 2. The molecule has 0 bridgehead atoms. The molecule has 1 aromatic heterocycles. The lowest BCUT2D eigenvalue weighted by Crippen LogP contribution is -2.63. The van der Waals surface area contributed by atoms with Gasteiger partial charge in [-0.15, -0.1) is 0 Å². The first-order valence-corrected chi connectivity index (χ1v) is 27.2. The highest BCUT2D eigenvalue weighted by Crippen LogP contribution is 2.13. The lowest BCUT2D eigenvalue weighted by atomic mass is 9.96. The smallest absolute Gasteiger partial charge is 0.326 e. The average Bonchev–Trinajstić information content (AvgIpc) is 4.00. The van der Waals surface area contributed by atoms with Crippen molar-refractivity contribution in [2.45, 2.75) is 166 Å². The van der Waals surface area contributed by atoms with Gasteiger partial charge >= 0.3 is 5.97 Å². The predicted octanol–water partition coefficient (Wildman–Crippen LogP) is -5.42. The van der Waals surface area contributed by atoms with Gasteiger partial charge in [0, 0.05) is 37.8 Å². The molecule has 0 aliphatic rings. The SMILES string of the molecule is CCC(C)[C@H](NC(=O)[C@H](CCCN=C(N)N)NC(=O)CNC(=O)[C@@H](NC(=O)[C@@H](NC(=O)[C@H](Cc1cnc[nH]1)NC(=O)[C@@H](Cc1ccccc1)NC(=O)[C@H](C)NC(=O)[C@@H](N)CCCN=C(N)N)[C@@H](C)O)[C@@H](C)O)C(=O)N[C@H](CC(C)C)C(=O)O. The van der Waals surface area contributed by atoms with E-state index in [4.69, 9.17) is 28.7 Å². The number of carbonyl (C=O) groups excluding carboxylic acids is 9. The first kappa shape index (κ1) is 70.7. The molecule has 2 aromatic rings. The Balaban J connectivity index is 2.31. The Labute approximate surface area is 481 Å². The van der Waals surface area contributed by atoms with Gasteiger partial charge in [-0.2, -0.15) is 0 Å². The second kappa shape index (κ2) is 36.1. The number of rotatable bonds is 37. The van der Waals surface area contributed by atoms with Gasteiger partial charge in [0.05, 0.1) is 31.1 Å². The zero-order valence-corrected chi connectivity index (χ0v) is 48.0. The number of nitrogens with zero attached hydrogens (tertiary/aromatic N) is 3. The molecule has 0 saturated heterocycles. The topological polar surface area (TPSA) is 523 Å². The van der Waals surface area contributed by atoms with Gasteiger partial charge < -0.3 is 96.8 Å². The fourth-order valence-electron chi connectivity index (χ4n) is 8.00. The first-order valence-electron chi connectivity index (χ1n) is 27.2. The van der Waals surface area contributed by atoms with Crippen LogP contribution < -0.4 is 76.5 Å². The summed E-state index contributed by atoms with van der Waals surface area (Å²) in [7, 11) is 0. The van der Waals surface area contributed by atoms with E-state index in [9.17, 15) is 63.3 Å². The number of nitrogens with one attached hydrogen (secondary N) is 10. The number of hydrogen-bond acceptors (Lipinski definition) is 16. The molecular formula is C52H86N18O13. The van der Waals surface area contributed by atoms with Crippen molar-refractivity contribution in [1.29, 1.82) is 0 Å². The van der Waals surface area contributed by atoms with Crippen molar-refractivity contribution in [2.24, 2.45) is 50.5 Å². The number of aliphatic imine (C=N–C) groups is 2. The largest absolute Gasteiger partial charge is 0.480 e. The van der Waals surface area contributed by atoms with E-state index in [2.05, 4.69) is 67.8 Å². The molecule has 0 aliphatic heterocycles. The van der Waals surface area contributed by atoms with Gasteiger partial charge in [0.1, 0.15) is 48.3 Å². The number of aromatic nitrogens is 2. The zero-order valence-electron chi connectivity index (χ0n) is 48.0. The Kier molecular flexibility index (Phi) is 30.7. The number of guanidine groups is 2. The summed E-state index contributed by atoms with van der Waals surface area (Å²) >= 11 is 0. The van der Waals surface area contributed by atoms with Crippen LogP contribution in [0.5, 0.6) is 0 Å². The van der Waals surface area contributed by atoms with Gasteiger partial charge in [0.25, 0.3) is 0 Å². The number of aliphatic hydroxyl groups excluding tert-OH is 2. The van der Waals surface area contributed by atoms with Crippen LogP contribution in [-0.4, -0.2) is 183 Å². The number of carboxylic acids is 1. The van der Waals surface area contributed by atoms with Crippen LogP contribution in [0.4, 0.5) is 0 Å². The number of aliphatic carboxylic acids is 1. The molecule has 12 atom stereocenters. The third-order valence-electron chi connectivity index (χ3n) is 12.8. The number of imidazole rings is 1. The third kappa shape index (κ3) is 26.3. The van der Waals surface area contributed by atoms with Crippen LogP contribution >= 0.6 is 0 Å². The summed E-state index contributed by atoms with van der Waals surface area (Å²) in [6.07, 6.45) is 0.0627. The standard InChI is InChI=1S/C52H86N18O13/c1-8-27(4)39(48(80)67-37(50(82)83)20-26(2)3)68-44(76)34(17-13-19-60-52(56)57)64-38(73)24-61-47(79)40(29(6)71)70-49(81)41(30(7)72)69-46(78)36(22-32-23-58-25-62-32)66-45(77)35(21-31-14-10-9-11-15-31)65-42(74)28(5)63-43(75)33(53)16-12-18-59-51(54)55/h9-11,14-15,23,25-30,33-37,39-41,71-72H,8,12-13,16-22,24,53H2,1-7H3,(H,58,62)(H,61,79)(H,63,75)(H,64,73)(H,65,74)(H,66,77)(H,67,80)(H,68,76)(H,69,78)(H,70,81)(H,82,83)(H4,54,55,59)(H4,56,57,60)/t27?,28-,29+,30+,33-,34-,35+,36-,37+,39-,40-,41-/m0/s1. The van der Waals surface area contributed by atoms with Crippen molar-refractivity contribution < 1.29 is 63.3 Å². The van der Waals surface area contributed by atoms with Crippen LogP contribution in [-0.2, 0) is 60.8 Å². The van der Waals surface area contributed by atoms with Gasteiger partial charge in [-0.25, -0.2) is 9.78 Å². The Hall–Kier alpha value is -8.45. The van der Waals surface area contributed by atoms with E-state index in [0.29, 0.717) is 24.1 Å². The van der Waals surface area contributed by atoms with Crippen molar-refractivity contribution in [3.8, 4) is 0 Å². The normalized spacial score (nSPS) is 15.4. The molecule has 0 saturated carbocycles. The van der Waals surface area contributed by atoms with Gasteiger partial charge in [0.15, 0.2) is 11.9 Å². The average molecular weight is 1170 g/mol. The van der Waals surface area contributed by atoms with Gasteiger partial charge in [-0.1, -0.05) is 64.4 Å². The Morgan fingerprint density at radius 3 is 1.64 bits per heavy atom. The third-order valence-corrected chi connectivity index (χ3v) is 12.8.